The van der Waals surface area contributed by atoms with Gasteiger partial charge in [0.1, 0.15) is 23.3 Å². The van der Waals surface area contributed by atoms with Crippen molar-refractivity contribution in [1.82, 2.24) is 24.4 Å². The fourth-order valence-corrected chi connectivity index (χ4v) is 5.74. The molecule has 0 amide bonds. The van der Waals surface area contributed by atoms with Crippen molar-refractivity contribution in [3.63, 3.8) is 0 Å². The van der Waals surface area contributed by atoms with Crippen LogP contribution in [0.15, 0.2) is 53.3 Å². The predicted molar refractivity (Wildman–Crippen MR) is 156 cm³/mol. The molecule has 0 radical (unpaired) electrons. The first-order valence-electron chi connectivity index (χ1n) is 14.0. The Labute approximate surface area is 232 Å². The molecule has 204 valence electrons. The van der Waals surface area contributed by atoms with Crippen molar-refractivity contribution in [3.05, 3.63) is 75.8 Å². The average Bonchev–Trinajstić information content (AvgIpc) is 3.66. The first kappa shape index (κ1) is 25.8. The van der Waals surface area contributed by atoms with E-state index < -0.39 is 6.04 Å². The maximum Gasteiger partial charge on any atom is 0.266 e. The second kappa shape index (κ2) is 10.9. The summed E-state index contributed by atoms with van der Waals surface area (Å²) in [5.41, 5.74) is 14.3. The summed E-state index contributed by atoms with van der Waals surface area (Å²) >= 11 is 0. The van der Waals surface area contributed by atoms with Crippen LogP contribution in [0.4, 0.5) is 17.6 Å². The van der Waals surface area contributed by atoms with Crippen molar-refractivity contribution in [2.24, 2.45) is 5.92 Å². The minimum Gasteiger partial charge on any atom is -0.382 e. The highest BCUT2D eigenvalue weighted by Crippen LogP contribution is 2.43. The van der Waals surface area contributed by atoms with E-state index in [-0.39, 0.29) is 34.6 Å². The number of hydrogen-bond acceptors (Lipinski definition) is 9. The van der Waals surface area contributed by atoms with Crippen LogP contribution >= 0.6 is 0 Å². The number of nitrogens with zero attached hydrogens (tertiary/aromatic N) is 6. The molecule has 4 aromatic rings. The van der Waals surface area contributed by atoms with Gasteiger partial charge in [0, 0.05) is 0 Å². The van der Waals surface area contributed by atoms with Crippen molar-refractivity contribution in [1.29, 1.82) is 5.26 Å². The zero-order chi connectivity index (χ0) is 27.6. The fourth-order valence-electron chi connectivity index (χ4n) is 5.74. The van der Waals surface area contributed by atoms with Crippen LogP contribution in [0, 0.1) is 17.2 Å². The molecule has 10 heteroatoms. The Balaban J connectivity index is 1.47. The molecule has 1 aliphatic carbocycles. The lowest BCUT2D eigenvalue weighted by Crippen LogP contribution is -2.30. The summed E-state index contributed by atoms with van der Waals surface area (Å²) in [4.78, 5) is 30.2. The maximum atomic E-state index is 14.4. The minimum absolute atomic E-state index is 0.0116. The number of para-hydroxylation sites is 1. The van der Waals surface area contributed by atoms with E-state index in [9.17, 15) is 10.1 Å². The van der Waals surface area contributed by atoms with Gasteiger partial charge in [0.15, 0.2) is 5.82 Å². The lowest BCUT2D eigenvalue weighted by Gasteiger charge is -2.24. The molecule has 10 nitrogen and oxygen atoms in total. The third-order valence-electron chi connectivity index (χ3n) is 7.87. The number of nitrogens with one attached hydrogen (secondary N) is 1. The Bertz CT molecular complexity index is 1630. The molecule has 40 heavy (non-hydrogen) atoms. The second-order valence-corrected chi connectivity index (χ2v) is 10.7. The molecule has 0 bridgehead atoms. The van der Waals surface area contributed by atoms with Crippen molar-refractivity contribution < 1.29 is 0 Å². The van der Waals surface area contributed by atoms with Gasteiger partial charge >= 0.3 is 0 Å². The SMILES string of the molecule is N#Cc1c(N)nc(N)nc1NC(c1nc2cccc(CCCN3CCCC3)c2c(=O)n1-c1ccccc1)C1CC1. The Morgan fingerprint density at radius 3 is 2.52 bits per heavy atom. The van der Waals surface area contributed by atoms with Crippen molar-refractivity contribution in [2.75, 3.05) is 36.4 Å². The molecule has 0 spiro atoms. The van der Waals surface area contributed by atoms with Gasteiger partial charge in [-0.05, 0) is 87.8 Å². The number of likely N-dealkylation sites (tertiary alicyclic amines) is 1. The van der Waals surface area contributed by atoms with Crippen LogP contribution in [0.5, 0.6) is 0 Å². The van der Waals surface area contributed by atoms with Crippen LogP contribution in [0.25, 0.3) is 16.6 Å². The first-order chi connectivity index (χ1) is 19.5. The van der Waals surface area contributed by atoms with Crippen molar-refractivity contribution in [3.8, 4) is 11.8 Å². The van der Waals surface area contributed by atoms with Crippen molar-refractivity contribution >= 4 is 28.5 Å². The molecule has 1 saturated heterocycles. The maximum absolute atomic E-state index is 14.4. The van der Waals surface area contributed by atoms with E-state index in [4.69, 9.17) is 16.5 Å². The molecule has 5 N–H and O–H groups in total. The monoisotopic (exact) mass is 535 g/mol. The molecule has 1 atom stereocenters. The summed E-state index contributed by atoms with van der Waals surface area (Å²) in [7, 11) is 0. The summed E-state index contributed by atoms with van der Waals surface area (Å²) in [6.45, 7) is 3.36. The molecule has 1 saturated carbocycles. The van der Waals surface area contributed by atoms with Crippen LogP contribution in [-0.2, 0) is 6.42 Å². The zero-order valence-electron chi connectivity index (χ0n) is 22.4. The van der Waals surface area contributed by atoms with Crippen LogP contribution in [0.3, 0.4) is 0 Å². The Kier molecular flexibility index (Phi) is 7.05. The third kappa shape index (κ3) is 5.08. The third-order valence-corrected chi connectivity index (χ3v) is 7.87. The van der Waals surface area contributed by atoms with Crippen LogP contribution in [0.1, 0.15) is 55.1 Å². The quantitative estimate of drug-likeness (QED) is 0.290. The Hall–Kier alpha value is -4.49. The second-order valence-electron chi connectivity index (χ2n) is 10.7. The van der Waals surface area contributed by atoms with Gasteiger partial charge in [0.2, 0.25) is 5.95 Å². The number of aryl methyl sites for hydroxylation is 1. The van der Waals surface area contributed by atoms with Crippen LogP contribution in [-0.4, -0.2) is 44.1 Å². The van der Waals surface area contributed by atoms with E-state index >= 15 is 0 Å². The zero-order valence-corrected chi connectivity index (χ0v) is 22.4. The summed E-state index contributed by atoms with van der Waals surface area (Å²) in [5, 5.41) is 13.8. The van der Waals surface area contributed by atoms with Gasteiger partial charge in [-0.1, -0.05) is 30.3 Å². The molecule has 2 aromatic carbocycles. The molecular formula is C30H33N9O. The molecule has 2 aliphatic rings. The lowest BCUT2D eigenvalue weighted by atomic mass is 10.0. The predicted octanol–water partition coefficient (Wildman–Crippen LogP) is 3.80. The Morgan fingerprint density at radius 1 is 1.02 bits per heavy atom. The Morgan fingerprint density at radius 2 is 1.80 bits per heavy atom. The molecular weight excluding hydrogens is 502 g/mol. The smallest absolute Gasteiger partial charge is 0.266 e. The highest BCUT2D eigenvalue weighted by molar-refractivity contribution is 5.82. The topological polar surface area (TPSA) is 152 Å². The van der Waals surface area contributed by atoms with Crippen LogP contribution < -0.4 is 22.3 Å². The van der Waals surface area contributed by atoms with Gasteiger partial charge in [-0.25, -0.2) is 4.98 Å². The summed E-state index contributed by atoms with van der Waals surface area (Å²) < 4.78 is 1.71. The van der Waals surface area contributed by atoms with E-state index in [2.05, 4.69) is 26.3 Å². The van der Waals surface area contributed by atoms with Gasteiger partial charge in [-0.15, -0.1) is 0 Å². The molecule has 1 aliphatic heterocycles. The van der Waals surface area contributed by atoms with Crippen LogP contribution in [0.2, 0.25) is 0 Å². The number of fused-ring (bicyclic) bond motifs is 1. The number of aromatic nitrogens is 4. The van der Waals surface area contributed by atoms with Gasteiger partial charge in [0.05, 0.1) is 22.6 Å². The van der Waals surface area contributed by atoms with E-state index in [0.717, 1.165) is 56.6 Å². The number of nitrogens with two attached hydrogens (primary N) is 2. The van der Waals surface area contributed by atoms with Crippen molar-refractivity contribution in [2.45, 2.75) is 44.6 Å². The van der Waals surface area contributed by atoms with Gasteiger partial charge < -0.3 is 21.7 Å². The molecule has 6 rings (SSSR count). The molecule has 3 heterocycles. The molecule has 2 fully saturated rings. The highest BCUT2D eigenvalue weighted by atomic mass is 16.1. The van der Waals surface area contributed by atoms with E-state index in [1.807, 2.05) is 48.5 Å². The molecule has 2 aromatic heterocycles. The highest BCUT2D eigenvalue weighted by Gasteiger charge is 2.37. The number of benzene rings is 2. The number of rotatable bonds is 9. The number of nitriles is 1. The summed E-state index contributed by atoms with van der Waals surface area (Å²) in [5.74, 6) is 0.998. The number of nitrogen functional groups attached to an aromatic ring is 2. The van der Waals surface area contributed by atoms with Gasteiger partial charge in [0.25, 0.3) is 5.56 Å². The van der Waals surface area contributed by atoms with E-state index in [1.54, 1.807) is 4.57 Å². The summed E-state index contributed by atoms with van der Waals surface area (Å²) in [6.07, 6.45) is 6.25. The van der Waals surface area contributed by atoms with Gasteiger partial charge in [-0.2, -0.15) is 15.2 Å². The average molecular weight is 536 g/mol. The normalized spacial score (nSPS) is 16.2. The summed E-state index contributed by atoms with van der Waals surface area (Å²) in [6, 6.07) is 17.2. The largest absolute Gasteiger partial charge is 0.382 e. The first-order valence-corrected chi connectivity index (χ1v) is 14.0. The number of anilines is 3. The fraction of sp³-hybridized carbons (Fsp3) is 0.367. The molecule has 1 unspecified atom stereocenters. The lowest BCUT2D eigenvalue weighted by molar-refractivity contribution is 0.334. The van der Waals surface area contributed by atoms with E-state index in [0.29, 0.717) is 16.7 Å². The number of hydrogen-bond donors (Lipinski definition) is 3. The minimum atomic E-state index is -0.392. The van der Waals surface area contributed by atoms with Gasteiger partial charge in [-0.3, -0.25) is 9.36 Å². The van der Waals surface area contributed by atoms with E-state index in [1.165, 1.54) is 12.8 Å². The standard InChI is InChI=1S/C30H33N9O/c31-18-22-26(32)36-30(33)37-27(22)35-25(20-13-14-20)28-34-23-12-6-8-19(9-7-17-38-15-4-5-16-38)24(23)29(40)39(28)21-10-2-1-3-11-21/h1-3,6,8,10-12,20,25H,4-5,7,9,13-17H2,(H5,32,33,35,36,37).